The van der Waals surface area contributed by atoms with Crippen LogP contribution in [0.3, 0.4) is 0 Å². The molecule has 0 aromatic heterocycles. The van der Waals surface area contributed by atoms with Crippen LogP contribution in [0.15, 0.2) is 84.9 Å². The number of methoxy groups -OCH3 is 1. The highest BCUT2D eigenvalue weighted by Gasteiger charge is 2.42. The molecule has 0 aliphatic heterocycles. The van der Waals surface area contributed by atoms with Gasteiger partial charge in [-0.2, -0.15) is 0 Å². The van der Waals surface area contributed by atoms with Gasteiger partial charge in [0.15, 0.2) is 11.5 Å². The zero-order chi connectivity index (χ0) is 23.0. The predicted octanol–water partition coefficient (Wildman–Crippen LogP) is 3.48. The van der Waals surface area contributed by atoms with Gasteiger partial charge in [0.25, 0.3) is 0 Å². The van der Waals surface area contributed by atoms with E-state index in [0.29, 0.717) is 29.2 Å². The number of hydrogen-bond donors (Lipinski definition) is 1. The molecule has 0 amide bonds. The second-order valence-corrected chi connectivity index (χ2v) is 7.69. The van der Waals surface area contributed by atoms with E-state index >= 15 is 0 Å². The zero-order valence-corrected chi connectivity index (χ0v) is 18.6. The van der Waals surface area contributed by atoms with E-state index in [0.717, 1.165) is 0 Å². The molecule has 168 valence electrons. The molecule has 0 bridgehead atoms. The maximum atomic E-state index is 13.4. The maximum absolute atomic E-state index is 13.4. The molecule has 32 heavy (non-hydrogen) atoms. The third-order valence-electron chi connectivity index (χ3n) is 5.01. The van der Waals surface area contributed by atoms with Crippen molar-refractivity contribution in [2.75, 3.05) is 34.4 Å². The molecule has 0 heterocycles. The van der Waals surface area contributed by atoms with E-state index < -0.39 is 17.7 Å². The van der Waals surface area contributed by atoms with Crippen LogP contribution in [0, 0.1) is 0 Å². The number of rotatable bonds is 10. The first-order valence-corrected chi connectivity index (χ1v) is 10.4. The topological polar surface area (TPSA) is 68.2 Å². The summed E-state index contributed by atoms with van der Waals surface area (Å²) in [5, 5.41) is 11.6. The van der Waals surface area contributed by atoms with E-state index in [1.54, 1.807) is 67.8 Å². The van der Waals surface area contributed by atoms with E-state index in [4.69, 9.17) is 14.2 Å². The fourth-order valence-corrected chi connectivity index (χ4v) is 3.45. The average molecular weight is 436 g/mol. The summed E-state index contributed by atoms with van der Waals surface area (Å²) in [7, 11) is 5.33. The Morgan fingerprint density at radius 2 is 1.38 bits per heavy atom. The SMILES string of the molecule is COc1ccccc1OCC(CN(C)C)OC(=O)C(O)(c1ccccc1)c1ccccc1. The van der Waals surface area contributed by atoms with Gasteiger partial charge in [-0.3, -0.25) is 0 Å². The number of benzene rings is 3. The lowest BCUT2D eigenvalue weighted by Crippen LogP contribution is -2.44. The molecule has 3 aromatic rings. The lowest BCUT2D eigenvalue weighted by atomic mass is 9.86. The van der Waals surface area contributed by atoms with Crippen LogP contribution in [-0.4, -0.2) is 56.4 Å². The standard InChI is InChI=1S/C26H29NO5/c1-27(2)18-22(19-31-24-17-11-10-16-23(24)30-3)32-25(28)26(29,20-12-6-4-7-13-20)21-14-8-5-9-15-21/h4-17,22,29H,18-19H2,1-3H3. The predicted molar refractivity (Wildman–Crippen MR) is 123 cm³/mol. The number of nitrogens with zero attached hydrogens (tertiary/aromatic N) is 1. The van der Waals surface area contributed by atoms with Crippen LogP contribution in [0.1, 0.15) is 11.1 Å². The molecule has 6 heteroatoms. The Labute approximate surface area is 189 Å². The Hall–Kier alpha value is -3.35. The Bertz CT molecular complexity index is 952. The van der Waals surface area contributed by atoms with Crippen LogP contribution in [-0.2, 0) is 15.1 Å². The molecule has 0 saturated carbocycles. The molecule has 0 spiro atoms. The third kappa shape index (κ3) is 5.46. The summed E-state index contributed by atoms with van der Waals surface area (Å²) >= 11 is 0. The molecule has 1 atom stereocenters. The molecule has 0 aliphatic carbocycles. The minimum Gasteiger partial charge on any atom is -0.493 e. The highest BCUT2D eigenvalue weighted by molar-refractivity contribution is 5.85. The summed E-state index contributed by atoms with van der Waals surface area (Å²) in [6, 6.07) is 24.9. The number of para-hydroxylation sites is 2. The first-order chi connectivity index (χ1) is 15.4. The second kappa shape index (κ2) is 10.8. The first kappa shape index (κ1) is 23.3. The fourth-order valence-electron chi connectivity index (χ4n) is 3.45. The van der Waals surface area contributed by atoms with Gasteiger partial charge >= 0.3 is 5.97 Å². The highest BCUT2D eigenvalue weighted by Crippen LogP contribution is 2.32. The van der Waals surface area contributed by atoms with Gasteiger partial charge in [0.2, 0.25) is 5.60 Å². The highest BCUT2D eigenvalue weighted by atomic mass is 16.6. The summed E-state index contributed by atoms with van der Waals surface area (Å²) in [4.78, 5) is 15.3. The third-order valence-corrected chi connectivity index (χ3v) is 5.01. The van der Waals surface area contributed by atoms with Crippen LogP contribution in [0.5, 0.6) is 11.5 Å². The molecule has 1 unspecified atom stereocenters. The van der Waals surface area contributed by atoms with Crippen molar-refractivity contribution in [3.8, 4) is 11.5 Å². The van der Waals surface area contributed by atoms with Crippen molar-refractivity contribution in [1.29, 1.82) is 0 Å². The van der Waals surface area contributed by atoms with Crippen molar-refractivity contribution in [1.82, 2.24) is 4.90 Å². The fraction of sp³-hybridized carbons (Fsp3) is 0.269. The van der Waals surface area contributed by atoms with Gasteiger partial charge in [-0.1, -0.05) is 72.8 Å². The number of aliphatic hydroxyl groups is 1. The number of carbonyl (C=O) groups is 1. The van der Waals surface area contributed by atoms with E-state index in [2.05, 4.69) is 0 Å². The maximum Gasteiger partial charge on any atom is 0.348 e. The molecule has 0 fully saturated rings. The van der Waals surface area contributed by atoms with E-state index in [-0.39, 0.29) is 6.61 Å². The second-order valence-electron chi connectivity index (χ2n) is 7.69. The molecular weight excluding hydrogens is 406 g/mol. The van der Waals surface area contributed by atoms with Gasteiger partial charge in [0, 0.05) is 6.54 Å². The molecule has 0 saturated heterocycles. The number of carbonyl (C=O) groups excluding carboxylic acids is 1. The Morgan fingerprint density at radius 3 is 1.88 bits per heavy atom. The minimum absolute atomic E-state index is 0.101. The Morgan fingerprint density at radius 1 is 0.875 bits per heavy atom. The lowest BCUT2D eigenvalue weighted by molar-refractivity contribution is -0.170. The van der Waals surface area contributed by atoms with Crippen LogP contribution < -0.4 is 9.47 Å². The summed E-state index contributed by atoms with van der Waals surface area (Å²) in [5.74, 6) is 0.383. The lowest BCUT2D eigenvalue weighted by Gasteiger charge is -2.30. The minimum atomic E-state index is -1.95. The van der Waals surface area contributed by atoms with E-state index in [9.17, 15) is 9.90 Å². The summed E-state index contributed by atoms with van der Waals surface area (Å²) in [6.07, 6.45) is -0.624. The van der Waals surface area contributed by atoms with Crippen LogP contribution in [0.25, 0.3) is 0 Å². The monoisotopic (exact) mass is 435 g/mol. The van der Waals surface area contributed by atoms with Crippen LogP contribution in [0.4, 0.5) is 0 Å². The molecule has 0 aliphatic rings. The largest absolute Gasteiger partial charge is 0.493 e. The summed E-state index contributed by atoms with van der Waals surface area (Å²) in [5.41, 5.74) is -1.08. The zero-order valence-electron chi connectivity index (χ0n) is 18.6. The van der Waals surface area contributed by atoms with Crippen LogP contribution >= 0.6 is 0 Å². The number of ether oxygens (including phenoxy) is 3. The van der Waals surface area contributed by atoms with E-state index in [1.165, 1.54) is 0 Å². The summed E-state index contributed by atoms with van der Waals surface area (Å²) in [6.45, 7) is 0.518. The first-order valence-electron chi connectivity index (χ1n) is 10.4. The Kier molecular flexibility index (Phi) is 7.87. The van der Waals surface area contributed by atoms with Crippen molar-refractivity contribution < 1.29 is 24.1 Å². The van der Waals surface area contributed by atoms with Gasteiger partial charge in [-0.15, -0.1) is 0 Å². The van der Waals surface area contributed by atoms with Gasteiger partial charge in [-0.25, -0.2) is 4.79 Å². The van der Waals surface area contributed by atoms with Crippen molar-refractivity contribution in [3.05, 3.63) is 96.1 Å². The molecule has 3 rings (SSSR count). The van der Waals surface area contributed by atoms with Gasteiger partial charge in [-0.05, 0) is 37.4 Å². The molecule has 1 N–H and O–H groups in total. The van der Waals surface area contributed by atoms with Gasteiger partial charge in [0.05, 0.1) is 7.11 Å². The van der Waals surface area contributed by atoms with Crippen molar-refractivity contribution in [2.45, 2.75) is 11.7 Å². The van der Waals surface area contributed by atoms with Crippen LogP contribution in [0.2, 0.25) is 0 Å². The van der Waals surface area contributed by atoms with Gasteiger partial charge in [0.1, 0.15) is 12.7 Å². The molecular formula is C26H29NO5. The molecule has 3 aromatic carbocycles. The quantitative estimate of drug-likeness (QED) is 0.492. The molecule has 6 nitrogen and oxygen atoms in total. The number of likely N-dealkylation sites (N-methyl/N-ethyl adjacent to an activating group) is 1. The summed E-state index contributed by atoms with van der Waals surface area (Å²) < 4.78 is 17.1. The number of esters is 1. The van der Waals surface area contributed by atoms with E-state index in [1.807, 2.05) is 43.3 Å². The Balaban J connectivity index is 1.85. The number of hydrogen-bond acceptors (Lipinski definition) is 6. The van der Waals surface area contributed by atoms with Crippen molar-refractivity contribution >= 4 is 5.97 Å². The molecule has 0 radical (unpaired) electrons. The van der Waals surface area contributed by atoms with Crippen molar-refractivity contribution in [2.24, 2.45) is 0 Å². The van der Waals surface area contributed by atoms with Crippen molar-refractivity contribution in [3.63, 3.8) is 0 Å². The smallest absolute Gasteiger partial charge is 0.348 e. The normalized spacial score (nSPS) is 12.3. The average Bonchev–Trinajstić information content (AvgIpc) is 2.82. The van der Waals surface area contributed by atoms with Gasteiger partial charge < -0.3 is 24.2 Å².